The van der Waals surface area contributed by atoms with Crippen LogP contribution in [0.2, 0.25) is 0 Å². The molecule has 0 saturated carbocycles. The van der Waals surface area contributed by atoms with Crippen LogP contribution in [0.25, 0.3) is 10.9 Å². The second kappa shape index (κ2) is 8.09. The third-order valence-electron chi connectivity index (χ3n) is 5.26. The number of hydrogen-bond donors (Lipinski definition) is 2. The largest absolute Gasteiger partial charge is 0.496 e. The van der Waals surface area contributed by atoms with Crippen LogP contribution in [0.3, 0.4) is 0 Å². The number of amides is 2. The van der Waals surface area contributed by atoms with E-state index in [1.54, 1.807) is 23.0 Å². The Hall–Kier alpha value is -3.89. The molecule has 1 aromatic carbocycles. The molecule has 1 aliphatic rings. The molecule has 0 unspecified atom stereocenters. The molecule has 1 fully saturated rings. The molecule has 0 spiro atoms. The van der Waals surface area contributed by atoms with Crippen LogP contribution >= 0.6 is 0 Å². The summed E-state index contributed by atoms with van der Waals surface area (Å²) in [5, 5.41) is 17.1. The number of aromatic nitrogens is 4. The zero-order valence-corrected chi connectivity index (χ0v) is 17.4. The van der Waals surface area contributed by atoms with E-state index in [0.29, 0.717) is 42.6 Å². The van der Waals surface area contributed by atoms with Gasteiger partial charge < -0.3 is 25.0 Å². The predicted octanol–water partition coefficient (Wildman–Crippen LogP) is 1.81. The fourth-order valence-corrected chi connectivity index (χ4v) is 3.70. The number of ether oxygens (including phenoxy) is 1. The summed E-state index contributed by atoms with van der Waals surface area (Å²) < 4.78 is 7.03. The first-order valence-electron chi connectivity index (χ1n) is 9.75. The third-order valence-corrected chi connectivity index (χ3v) is 5.26. The first-order chi connectivity index (χ1) is 14.9. The number of benzene rings is 1. The molecular weight excluding hydrogens is 402 g/mol. The van der Waals surface area contributed by atoms with Crippen LogP contribution < -0.4 is 15.0 Å². The maximum Gasteiger partial charge on any atom is 0.407 e. The molecule has 11 nitrogen and oxygen atoms in total. The zero-order valence-electron chi connectivity index (χ0n) is 17.4. The maximum absolute atomic E-state index is 12.8. The zero-order chi connectivity index (χ0) is 22.1. The number of nitrogens with one attached hydrogen (secondary N) is 1. The van der Waals surface area contributed by atoms with Gasteiger partial charge in [0, 0.05) is 50.4 Å². The number of fused-ring (bicyclic) bond motifs is 1. The summed E-state index contributed by atoms with van der Waals surface area (Å²) in [4.78, 5) is 36.1. The van der Waals surface area contributed by atoms with E-state index in [1.807, 2.05) is 25.1 Å². The molecule has 2 amide bonds. The number of hydrogen-bond acceptors (Lipinski definition) is 7. The van der Waals surface area contributed by atoms with Crippen molar-refractivity contribution in [2.75, 3.05) is 37.0 Å². The van der Waals surface area contributed by atoms with Crippen molar-refractivity contribution in [1.29, 1.82) is 0 Å². The minimum Gasteiger partial charge on any atom is -0.496 e. The molecule has 0 bridgehead atoms. The van der Waals surface area contributed by atoms with Crippen molar-refractivity contribution in [3.8, 4) is 5.75 Å². The van der Waals surface area contributed by atoms with Gasteiger partial charge in [0.05, 0.1) is 30.6 Å². The van der Waals surface area contributed by atoms with E-state index in [-0.39, 0.29) is 11.9 Å². The van der Waals surface area contributed by atoms with Crippen molar-refractivity contribution >= 4 is 34.5 Å². The highest BCUT2D eigenvalue weighted by molar-refractivity contribution is 6.08. The highest BCUT2D eigenvalue weighted by Gasteiger charge is 2.27. The van der Waals surface area contributed by atoms with Gasteiger partial charge in [-0.05, 0) is 13.0 Å². The van der Waals surface area contributed by atoms with Crippen LogP contribution in [0.1, 0.15) is 17.3 Å². The smallest absolute Gasteiger partial charge is 0.407 e. The Balaban J connectivity index is 1.47. The van der Waals surface area contributed by atoms with E-state index in [0.717, 1.165) is 10.9 Å². The lowest BCUT2D eigenvalue weighted by Crippen LogP contribution is -2.53. The van der Waals surface area contributed by atoms with Gasteiger partial charge in [-0.2, -0.15) is 5.10 Å². The van der Waals surface area contributed by atoms with Crippen LogP contribution in [-0.2, 0) is 7.05 Å². The Bertz CT molecular complexity index is 1130. The van der Waals surface area contributed by atoms with Gasteiger partial charge in [-0.3, -0.25) is 9.48 Å². The van der Waals surface area contributed by atoms with E-state index >= 15 is 0 Å². The fourth-order valence-electron chi connectivity index (χ4n) is 3.70. The highest BCUT2D eigenvalue weighted by Crippen LogP contribution is 2.26. The molecule has 31 heavy (non-hydrogen) atoms. The first kappa shape index (κ1) is 20.4. The second-order valence-electron chi connectivity index (χ2n) is 7.40. The summed E-state index contributed by atoms with van der Waals surface area (Å²) in [5.74, 6) is 0.982. The standard InChI is InChI=1S/C20H23N7O4/c1-12-10-26(4-5-27(12)20(29)30)18-9-21-17(8-22-18)23-19(28)14-6-13-11-25(2)24-15(13)7-16(14)31-3/h6-9,11-12H,4-5,10H2,1-3H3,(H,29,30)(H,21,23,28)/t12-/m0/s1. The van der Waals surface area contributed by atoms with E-state index in [1.165, 1.54) is 18.2 Å². The van der Waals surface area contributed by atoms with E-state index in [2.05, 4.69) is 20.4 Å². The molecule has 1 atom stereocenters. The van der Waals surface area contributed by atoms with Crippen LogP contribution in [0.15, 0.2) is 30.7 Å². The highest BCUT2D eigenvalue weighted by atomic mass is 16.5. The molecule has 2 aromatic heterocycles. The quantitative estimate of drug-likeness (QED) is 0.648. The van der Waals surface area contributed by atoms with E-state index in [4.69, 9.17) is 4.74 Å². The van der Waals surface area contributed by atoms with Crippen LogP contribution in [0, 0.1) is 0 Å². The minimum atomic E-state index is -0.920. The van der Waals surface area contributed by atoms with Gasteiger partial charge >= 0.3 is 6.09 Å². The van der Waals surface area contributed by atoms with Gasteiger partial charge in [0.25, 0.3) is 5.91 Å². The topological polar surface area (TPSA) is 126 Å². The Kier molecular flexibility index (Phi) is 5.32. The summed E-state index contributed by atoms with van der Waals surface area (Å²) in [6.07, 6.45) is 3.96. The van der Waals surface area contributed by atoms with Crippen molar-refractivity contribution in [3.63, 3.8) is 0 Å². The fraction of sp³-hybridized carbons (Fsp3) is 0.350. The summed E-state index contributed by atoms with van der Waals surface area (Å²) in [5.41, 5.74) is 1.10. The number of rotatable bonds is 4. The van der Waals surface area contributed by atoms with Crippen molar-refractivity contribution in [3.05, 3.63) is 36.3 Å². The normalized spacial score (nSPS) is 16.4. The predicted molar refractivity (Wildman–Crippen MR) is 114 cm³/mol. The van der Waals surface area contributed by atoms with Gasteiger partial charge in [-0.1, -0.05) is 0 Å². The Labute approximate surface area is 178 Å². The molecule has 4 rings (SSSR count). The Morgan fingerprint density at radius 1 is 1.23 bits per heavy atom. The van der Waals surface area contributed by atoms with Crippen molar-refractivity contribution in [2.45, 2.75) is 13.0 Å². The minimum absolute atomic E-state index is 0.151. The number of carbonyl (C=O) groups is 2. The number of anilines is 2. The number of piperazine rings is 1. The van der Waals surface area contributed by atoms with E-state index < -0.39 is 6.09 Å². The summed E-state index contributed by atoms with van der Waals surface area (Å²) in [7, 11) is 3.31. The number of aryl methyl sites for hydroxylation is 1. The Morgan fingerprint density at radius 2 is 2.03 bits per heavy atom. The average Bonchev–Trinajstić information content (AvgIpc) is 3.11. The lowest BCUT2D eigenvalue weighted by molar-refractivity contribution is 0.102. The molecule has 162 valence electrons. The second-order valence-corrected chi connectivity index (χ2v) is 7.40. The number of nitrogens with zero attached hydrogens (tertiary/aromatic N) is 6. The lowest BCUT2D eigenvalue weighted by Gasteiger charge is -2.38. The van der Waals surface area contributed by atoms with Crippen LogP contribution in [-0.4, -0.2) is 74.5 Å². The molecule has 1 saturated heterocycles. The molecule has 0 aliphatic carbocycles. The van der Waals surface area contributed by atoms with Gasteiger partial charge in [-0.25, -0.2) is 14.8 Å². The van der Waals surface area contributed by atoms with Gasteiger partial charge in [0.2, 0.25) is 0 Å². The van der Waals surface area contributed by atoms with E-state index in [9.17, 15) is 14.7 Å². The molecule has 3 heterocycles. The molecule has 11 heteroatoms. The number of carbonyl (C=O) groups excluding carboxylic acids is 1. The molecule has 0 radical (unpaired) electrons. The summed E-state index contributed by atoms with van der Waals surface area (Å²) >= 11 is 0. The molecular formula is C20H23N7O4. The van der Waals surface area contributed by atoms with Crippen LogP contribution in [0.4, 0.5) is 16.4 Å². The van der Waals surface area contributed by atoms with Gasteiger partial charge in [0.15, 0.2) is 5.82 Å². The summed E-state index contributed by atoms with van der Waals surface area (Å²) in [6.45, 7) is 3.30. The number of methoxy groups -OCH3 is 1. The summed E-state index contributed by atoms with van der Waals surface area (Å²) in [6, 6.07) is 3.29. The van der Waals surface area contributed by atoms with Gasteiger partial charge in [0.1, 0.15) is 11.6 Å². The SMILES string of the molecule is COc1cc2nn(C)cc2cc1C(=O)Nc1cnc(N2CCN(C(=O)O)[C@@H](C)C2)cn1. The lowest BCUT2D eigenvalue weighted by atomic mass is 10.1. The first-order valence-corrected chi connectivity index (χ1v) is 9.75. The van der Waals surface area contributed by atoms with Crippen molar-refractivity contribution in [2.24, 2.45) is 7.05 Å². The average molecular weight is 425 g/mol. The number of carboxylic acid groups (broad SMARTS) is 1. The molecule has 3 aromatic rings. The third kappa shape index (κ3) is 4.06. The Morgan fingerprint density at radius 3 is 2.68 bits per heavy atom. The maximum atomic E-state index is 12.8. The van der Waals surface area contributed by atoms with Gasteiger partial charge in [-0.15, -0.1) is 0 Å². The molecule has 2 N–H and O–H groups in total. The van der Waals surface area contributed by atoms with Crippen molar-refractivity contribution < 1.29 is 19.4 Å². The monoisotopic (exact) mass is 425 g/mol. The van der Waals surface area contributed by atoms with Crippen LogP contribution in [0.5, 0.6) is 5.75 Å². The molecule has 1 aliphatic heterocycles. The van der Waals surface area contributed by atoms with Crippen molar-refractivity contribution in [1.82, 2.24) is 24.6 Å².